The number of benzene rings is 3. The number of methoxy groups -OCH3 is 2. The quantitative estimate of drug-likeness (QED) is 0.0951. The van der Waals surface area contributed by atoms with Gasteiger partial charge in [0.1, 0.15) is 30.1 Å². The Hall–Kier alpha value is -3.64. The molecule has 4 aromatic rings. The molecule has 1 heterocycles. The van der Waals surface area contributed by atoms with Crippen molar-refractivity contribution in [1.29, 1.82) is 0 Å². The first-order valence-electron chi connectivity index (χ1n) is 15.4. The number of ether oxygens (including phenoxy) is 5. The lowest BCUT2D eigenvalue weighted by Gasteiger charge is -2.31. The zero-order valence-corrected chi connectivity index (χ0v) is 30.4. The van der Waals surface area contributed by atoms with Crippen LogP contribution in [0.5, 0.6) is 11.7 Å². The van der Waals surface area contributed by atoms with Crippen molar-refractivity contribution in [3.63, 3.8) is 0 Å². The van der Waals surface area contributed by atoms with Crippen LogP contribution < -0.4 is 14.8 Å². The van der Waals surface area contributed by atoms with Crippen molar-refractivity contribution in [3.05, 3.63) is 82.3 Å². The van der Waals surface area contributed by atoms with Crippen molar-refractivity contribution in [2.75, 3.05) is 20.8 Å². The number of carbonyl (C=O) groups excluding carboxylic acids is 3. The molecule has 1 aliphatic rings. The fourth-order valence-corrected chi connectivity index (χ4v) is 6.63. The van der Waals surface area contributed by atoms with Crippen molar-refractivity contribution < 1.29 is 42.5 Å². The van der Waals surface area contributed by atoms with Gasteiger partial charge in [-0.25, -0.2) is 14.4 Å². The van der Waals surface area contributed by atoms with Gasteiger partial charge in [0.2, 0.25) is 3.79 Å². The zero-order chi connectivity index (χ0) is 35.1. The summed E-state index contributed by atoms with van der Waals surface area (Å²) in [6, 6.07) is 19.4. The molecule has 1 fully saturated rings. The number of halogens is 4. The third-order valence-electron chi connectivity index (χ3n) is 8.10. The second-order valence-electron chi connectivity index (χ2n) is 11.3. The van der Waals surface area contributed by atoms with Crippen LogP contribution in [0.2, 0.25) is 0 Å². The molecule has 0 saturated heterocycles. The molecule has 0 unspecified atom stereocenters. The molecule has 0 bridgehead atoms. The molecule has 10 nitrogen and oxygen atoms in total. The number of para-hydroxylation sites is 1. The van der Waals surface area contributed by atoms with E-state index in [1.807, 2.05) is 36.4 Å². The van der Waals surface area contributed by atoms with Crippen molar-refractivity contribution in [1.82, 2.24) is 5.32 Å². The summed E-state index contributed by atoms with van der Waals surface area (Å²) < 4.78 is 32.2. The Morgan fingerprint density at radius 1 is 1.00 bits per heavy atom. The molecule has 1 aliphatic carbocycles. The van der Waals surface area contributed by atoms with Crippen LogP contribution in [0.4, 0.5) is 9.59 Å². The fraction of sp³-hybridized carbons (Fsp3) is 0.343. The van der Waals surface area contributed by atoms with Gasteiger partial charge < -0.3 is 33.4 Å². The van der Waals surface area contributed by atoms with Crippen LogP contribution >= 0.6 is 50.7 Å². The highest BCUT2D eigenvalue weighted by atomic mass is 79.9. The minimum atomic E-state index is -1.83. The van der Waals surface area contributed by atoms with Crippen molar-refractivity contribution >= 4 is 79.9 Å². The normalized spacial score (nSPS) is 16.8. The molecule has 5 rings (SSSR count). The van der Waals surface area contributed by atoms with Crippen molar-refractivity contribution in [2.45, 2.75) is 54.0 Å². The minimum Gasteiger partial charge on any atom is -0.495 e. The number of esters is 1. The van der Waals surface area contributed by atoms with E-state index in [0.717, 1.165) is 24.8 Å². The maximum atomic E-state index is 13.4. The molecule has 1 saturated carbocycles. The van der Waals surface area contributed by atoms with Gasteiger partial charge in [-0.15, -0.1) is 0 Å². The highest BCUT2D eigenvalue weighted by Crippen LogP contribution is 2.47. The molecule has 0 radical (unpaired) electrons. The number of fused-ring (bicyclic) bond motifs is 1. The first-order chi connectivity index (χ1) is 23.5. The molecule has 14 heteroatoms. The van der Waals surface area contributed by atoms with Crippen molar-refractivity contribution in [2.24, 2.45) is 0 Å². The predicted octanol–water partition coefficient (Wildman–Crippen LogP) is 9.29. The van der Waals surface area contributed by atoms with Gasteiger partial charge in [-0.2, -0.15) is 0 Å². The average Bonchev–Trinajstić information content (AvgIpc) is 3.43. The first kappa shape index (κ1) is 36.6. The highest BCUT2D eigenvalue weighted by molar-refractivity contribution is 9.10. The van der Waals surface area contributed by atoms with Crippen LogP contribution in [-0.2, 0) is 25.4 Å². The molecule has 49 heavy (non-hydrogen) atoms. The SMILES string of the molecule is COC(=O)[C@H](Cc1ccc2oc(OC(=O)O[C@H]3CCCC[C@@H]3c3ccccc3)c(-c3cccc(Br)c3OC)c2c1)NC(=O)OCC(Cl)(Cl)Cl. The maximum absolute atomic E-state index is 13.4. The Balaban J connectivity index is 1.47. The van der Waals surface area contributed by atoms with Gasteiger partial charge in [0, 0.05) is 23.3 Å². The Morgan fingerprint density at radius 2 is 1.76 bits per heavy atom. The van der Waals surface area contributed by atoms with Crippen LogP contribution in [0.15, 0.2) is 75.6 Å². The summed E-state index contributed by atoms with van der Waals surface area (Å²) in [7, 11) is 2.71. The molecule has 3 atom stereocenters. The summed E-state index contributed by atoms with van der Waals surface area (Å²) in [4.78, 5) is 38.5. The molecular formula is C35H33BrCl3NO9. The van der Waals surface area contributed by atoms with Crippen LogP contribution in [0.25, 0.3) is 22.1 Å². The minimum absolute atomic E-state index is 0.00743. The van der Waals surface area contributed by atoms with Gasteiger partial charge in [-0.1, -0.05) is 89.8 Å². The van der Waals surface area contributed by atoms with Crippen LogP contribution in [0, 0.1) is 0 Å². The Morgan fingerprint density at radius 3 is 2.47 bits per heavy atom. The lowest BCUT2D eigenvalue weighted by atomic mass is 9.81. The standard InChI is InChI=1S/C35H33BrCl3NO9/c1-44-30-23(12-8-13-25(30)36)29-24-17-20(18-26(31(41)45-2)40-33(42)46-19-35(37,38)39)15-16-28(24)47-32(29)49-34(43)48-27-14-7-6-11-22(27)21-9-4-3-5-10-21/h3-5,8-10,12-13,15-17,22,26-27H,6-7,11,14,18-19H2,1-2H3,(H,40,42)/t22-,26+,27+/m1/s1. The zero-order valence-electron chi connectivity index (χ0n) is 26.5. The lowest BCUT2D eigenvalue weighted by molar-refractivity contribution is -0.143. The summed E-state index contributed by atoms with van der Waals surface area (Å²) in [5.74, 6) is -0.314. The molecule has 3 aromatic carbocycles. The second kappa shape index (κ2) is 16.4. The van der Waals surface area contributed by atoms with E-state index in [2.05, 4.69) is 21.2 Å². The summed E-state index contributed by atoms with van der Waals surface area (Å²) in [6.45, 7) is -0.533. The van der Waals surface area contributed by atoms with E-state index < -0.39 is 34.7 Å². The summed E-state index contributed by atoms with van der Waals surface area (Å²) in [5, 5.41) is 2.99. The third-order valence-corrected chi connectivity index (χ3v) is 9.05. The maximum Gasteiger partial charge on any atom is 0.516 e. The molecule has 1 N–H and O–H groups in total. The van der Waals surface area contributed by atoms with Gasteiger partial charge >= 0.3 is 24.2 Å². The second-order valence-corrected chi connectivity index (χ2v) is 14.7. The number of hydrogen-bond donors (Lipinski definition) is 1. The first-order valence-corrected chi connectivity index (χ1v) is 17.3. The topological polar surface area (TPSA) is 123 Å². The van der Waals surface area contributed by atoms with Crippen LogP contribution in [0.1, 0.15) is 42.7 Å². The number of alkyl halides is 3. The van der Waals surface area contributed by atoms with E-state index in [4.69, 9.17) is 62.9 Å². The molecule has 1 amide bonds. The average molecular weight is 798 g/mol. The predicted molar refractivity (Wildman–Crippen MR) is 189 cm³/mol. The largest absolute Gasteiger partial charge is 0.516 e. The molecule has 0 aliphatic heterocycles. The highest BCUT2D eigenvalue weighted by Gasteiger charge is 2.32. The Kier molecular flexibility index (Phi) is 12.2. The Labute approximate surface area is 306 Å². The Bertz CT molecular complexity index is 1790. The summed E-state index contributed by atoms with van der Waals surface area (Å²) >= 11 is 20.6. The number of furan rings is 1. The number of rotatable bonds is 10. The van der Waals surface area contributed by atoms with E-state index >= 15 is 0 Å². The fourth-order valence-electron chi connectivity index (χ4n) is 5.93. The van der Waals surface area contributed by atoms with Gasteiger partial charge in [0.05, 0.1) is 24.3 Å². The van der Waals surface area contributed by atoms with E-state index in [9.17, 15) is 14.4 Å². The molecule has 0 spiro atoms. The lowest BCUT2D eigenvalue weighted by Crippen LogP contribution is -2.43. The monoisotopic (exact) mass is 795 g/mol. The molecular weight excluding hydrogens is 765 g/mol. The van der Waals surface area contributed by atoms with Crippen LogP contribution in [-0.4, -0.2) is 55.0 Å². The molecule has 260 valence electrons. The number of carbonyl (C=O) groups is 3. The van der Waals surface area contributed by atoms with Crippen LogP contribution in [0.3, 0.4) is 0 Å². The number of hydrogen-bond acceptors (Lipinski definition) is 9. The number of nitrogens with one attached hydrogen (secondary N) is 1. The van der Waals surface area contributed by atoms with Crippen molar-refractivity contribution in [3.8, 4) is 22.8 Å². The summed E-state index contributed by atoms with van der Waals surface area (Å²) in [5.41, 5.74) is 3.07. The van der Waals surface area contributed by atoms with Gasteiger partial charge in [-0.3, -0.25) is 0 Å². The summed E-state index contributed by atoms with van der Waals surface area (Å²) in [6.07, 6.45) is 1.31. The van der Waals surface area contributed by atoms with Gasteiger partial charge in [0.25, 0.3) is 0 Å². The van der Waals surface area contributed by atoms with Gasteiger partial charge in [-0.05, 0) is 64.5 Å². The van der Waals surface area contributed by atoms with E-state index in [1.54, 1.807) is 30.3 Å². The third kappa shape index (κ3) is 9.33. The van der Waals surface area contributed by atoms with E-state index in [-0.39, 0.29) is 24.4 Å². The van der Waals surface area contributed by atoms with Gasteiger partial charge in [0.15, 0.2) is 0 Å². The number of amides is 1. The van der Waals surface area contributed by atoms with E-state index in [1.165, 1.54) is 14.2 Å². The number of alkyl carbamates (subject to hydrolysis) is 1. The smallest absolute Gasteiger partial charge is 0.495 e. The molecule has 1 aromatic heterocycles. The van der Waals surface area contributed by atoms with E-state index in [0.29, 0.717) is 44.3 Å².